The molecule has 0 fully saturated rings. The van der Waals surface area contributed by atoms with Crippen LogP contribution in [0.1, 0.15) is 25.7 Å². The number of carbonyl (C=O) groups is 1. The monoisotopic (exact) mass is 287 g/mol. The van der Waals surface area contributed by atoms with Crippen molar-refractivity contribution in [2.45, 2.75) is 13.8 Å². The van der Waals surface area contributed by atoms with Crippen LogP contribution >= 0.6 is 11.3 Å². The molecule has 0 saturated carbocycles. The average molecular weight is 287 g/mol. The van der Waals surface area contributed by atoms with Crippen LogP contribution in [0.5, 0.6) is 11.5 Å². The van der Waals surface area contributed by atoms with Gasteiger partial charge in [-0.25, -0.2) is 4.79 Å². The van der Waals surface area contributed by atoms with Crippen LogP contribution in [0.2, 0.25) is 0 Å². The van der Waals surface area contributed by atoms with E-state index in [2.05, 4.69) is 0 Å². The lowest BCUT2D eigenvalue weighted by Crippen LogP contribution is -2.07. The van der Waals surface area contributed by atoms with Crippen molar-refractivity contribution in [1.29, 1.82) is 5.26 Å². The van der Waals surface area contributed by atoms with Crippen LogP contribution < -0.4 is 9.47 Å². The molecule has 0 amide bonds. The number of ether oxygens (including phenoxy) is 2. The predicted octanol–water partition coefficient (Wildman–Crippen LogP) is 3.46. The zero-order valence-corrected chi connectivity index (χ0v) is 12.2. The molecule has 1 aromatic carbocycles. The average Bonchev–Trinajstić information content (AvgIpc) is 2.79. The normalized spacial score (nSPS) is 9.90. The molecule has 0 bridgehead atoms. The zero-order chi connectivity index (χ0) is 14.7. The second-order valence-electron chi connectivity index (χ2n) is 4.22. The molecule has 2 aromatic rings. The van der Waals surface area contributed by atoms with Crippen LogP contribution in [0, 0.1) is 25.2 Å². The van der Waals surface area contributed by atoms with Gasteiger partial charge in [-0.05, 0) is 37.6 Å². The summed E-state index contributed by atoms with van der Waals surface area (Å²) in [5.41, 5.74) is 1.51. The summed E-state index contributed by atoms with van der Waals surface area (Å²) in [6.07, 6.45) is 0. The number of esters is 1. The van der Waals surface area contributed by atoms with Gasteiger partial charge in [0.05, 0.1) is 18.7 Å². The third-order valence-electron chi connectivity index (χ3n) is 2.86. The lowest BCUT2D eigenvalue weighted by atomic mass is 10.2. The molecule has 0 aliphatic carbocycles. The third kappa shape index (κ3) is 2.81. The van der Waals surface area contributed by atoms with E-state index in [1.54, 1.807) is 18.2 Å². The van der Waals surface area contributed by atoms with Crippen molar-refractivity contribution in [1.82, 2.24) is 0 Å². The minimum absolute atomic E-state index is 0.306. The molecule has 0 radical (unpaired) electrons. The Kier molecular flexibility index (Phi) is 4.06. The second-order valence-corrected chi connectivity index (χ2v) is 5.47. The van der Waals surface area contributed by atoms with Crippen molar-refractivity contribution < 1.29 is 14.3 Å². The van der Waals surface area contributed by atoms with Crippen molar-refractivity contribution in [3.05, 3.63) is 45.1 Å². The number of benzene rings is 1. The van der Waals surface area contributed by atoms with Gasteiger partial charge in [0.2, 0.25) is 0 Å². The standard InChI is InChI=1S/C15H13NO3S/c1-9-6-14(20-10(9)2)15(17)19-12-5-4-11(8-16)7-13(12)18-3/h4-7H,1-3H3. The molecule has 0 aliphatic rings. The molecular formula is C15H13NO3S. The van der Waals surface area contributed by atoms with Gasteiger partial charge in [0.1, 0.15) is 4.88 Å². The Morgan fingerprint density at radius 2 is 2.00 bits per heavy atom. The fourth-order valence-electron chi connectivity index (χ4n) is 1.65. The Balaban J connectivity index is 2.26. The smallest absolute Gasteiger partial charge is 0.353 e. The Labute approximate surface area is 121 Å². The van der Waals surface area contributed by atoms with Gasteiger partial charge < -0.3 is 9.47 Å². The van der Waals surface area contributed by atoms with Crippen molar-refractivity contribution in [2.75, 3.05) is 7.11 Å². The highest BCUT2D eigenvalue weighted by Gasteiger charge is 2.15. The molecule has 1 aromatic heterocycles. The lowest BCUT2D eigenvalue weighted by molar-refractivity contribution is 0.0734. The summed E-state index contributed by atoms with van der Waals surface area (Å²) in [6.45, 7) is 3.91. The maximum absolute atomic E-state index is 12.1. The van der Waals surface area contributed by atoms with Crippen molar-refractivity contribution >= 4 is 17.3 Å². The van der Waals surface area contributed by atoms with Gasteiger partial charge >= 0.3 is 5.97 Å². The summed E-state index contributed by atoms with van der Waals surface area (Å²) >= 11 is 1.40. The van der Waals surface area contributed by atoms with Gasteiger partial charge in [-0.15, -0.1) is 11.3 Å². The zero-order valence-electron chi connectivity index (χ0n) is 11.4. The first kappa shape index (κ1) is 14.1. The Morgan fingerprint density at radius 1 is 1.25 bits per heavy atom. The third-order valence-corrected chi connectivity index (χ3v) is 4.00. The quantitative estimate of drug-likeness (QED) is 0.640. The van der Waals surface area contributed by atoms with E-state index in [1.165, 1.54) is 24.5 Å². The van der Waals surface area contributed by atoms with Crippen LogP contribution in [-0.2, 0) is 0 Å². The van der Waals surface area contributed by atoms with Gasteiger partial charge in [-0.2, -0.15) is 5.26 Å². The van der Waals surface area contributed by atoms with Crippen LogP contribution in [0.3, 0.4) is 0 Å². The first-order valence-corrected chi connectivity index (χ1v) is 6.74. The molecule has 5 heteroatoms. The summed E-state index contributed by atoms with van der Waals surface area (Å²) in [6, 6.07) is 8.48. The Bertz CT molecular complexity index is 678. The topological polar surface area (TPSA) is 59.3 Å². The summed E-state index contributed by atoms with van der Waals surface area (Å²) < 4.78 is 10.5. The van der Waals surface area contributed by atoms with E-state index >= 15 is 0 Å². The van der Waals surface area contributed by atoms with Crippen LogP contribution in [0.15, 0.2) is 24.3 Å². The highest BCUT2D eigenvalue weighted by Crippen LogP contribution is 2.30. The van der Waals surface area contributed by atoms with E-state index in [0.29, 0.717) is 21.9 Å². The van der Waals surface area contributed by atoms with E-state index in [0.717, 1.165) is 10.4 Å². The summed E-state index contributed by atoms with van der Waals surface area (Å²) in [5.74, 6) is 0.247. The molecule has 0 saturated heterocycles. The Morgan fingerprint density at radius 3 is 2.55 bits per heavy atom. The SMILES string of the molecule is COc1cc(C#N)ccc1OC(=O)c1cc(C)c(C)s1. The fourth-order valence-corrected chi connectivity index (χ4v) is 2.56. The summed E-state index contributed by atoms with van der Waals surface area (Å²) in [4.78, 5) is 13.7. The number of aryl methyl sites for hydroxylation is 2. The first-order chi connectivity index (χ1) is 9.55. The van der Waals surface area contributed by atoms with Gasteiger partial charge in [-0.1, -0.05) is 0 Å². The predicted molar refractivity (Wildman–Crippen MR) is 76.5 cm³/mol. The minimum atomic E-state index is -0.422. The number of nitrogens with zero attached hydrogens (tertiary/aromatic N) is 1. The number of methoxy groups -OCH3 is 1. The van der Waals surface area contributed by atoms with E-state index < -0.39 is 5.97 Å². The lowest BCUT2D eigenvalue weighted by Gasteiger charge is -2.08. The second kappa shape index (κ2) is 5.76. The van der Waals surface area contributed by atoms with E-state index in [1.807, 2.05) is 19.9 Å². The molecule has 0 unspecified atom stereocenters. The van der Waals surface area contributed by atoms with Crippen LogP contribution in [-0.4, -0.2) is 13.1 Å². The maximum Gasteiger partial charge on any atom is 0.353 e. The largest absolute Gasteiger partial charge is 0.493 e. The van der Waals surface area contributed by atoms with Crippen molar-refractivity contribution in [3.63, 3.8) is 0 Å². The molecule has 102 valence electrons. The summed E-state index contributed by atoms with van der Waals surface area (Å²) in [7, 11) is 1.47. The highest BCUT2D eigenvalue weighted by molar-refractivity contribution is 7.14. The van der Waals surface area contributed by atoms with Crippen LogP contribution in [0.25, 0.3) is 0 Å². The van der Waals surface area contributed by atoms with E-state index in [-0.39, 0.29) is 0 Å². The molecule has 20 heavy (non-hydrogen) atoms. The number of rotatable bonds is 3. The highest BCUT2D eigenvalue weighted by atomic mass is 32.1. The summed E-state index contributed by atoms with van der Waals surface area (Å²) in [5, 5.41) is 8.83. The maximum atomic E-state index is 12.1. The molecular weight excluding hydrogens is 274 g/mol. The van der Waals surface area contributed by atoms with Crippen molar-refractivity contribution in [3.8, 4) is 17.6 Å². The minimum Gasteiger partial charge on any atom is -0.493 e. The number of carbonyl (C=O) groups excluding carboxylic acids is 1. The molecule has 1 heterocycles. The molecule has 0 spiro atoms. The van der Waals surface area contributed by atoms with E-state index in [9.17, 15) is 4.79 Å². The van der Waals surface area contributed by atoms with Crippen LogP contribution in [0.4, 0.5) is 0 Å². The number of thiophene rings is 1. The van der Waals surface area contributed by atoms with Gasteiger partial charge in [0.15, 0.2) is 11.5 Å². The molecule has 0 atom stereocenters. The van der Waals surface area contributed by atoms with Gasteiger partial charge in [0.25, 0.3) is 0 Å². The first-order valence-electron chi connectivity index (χ1n) is 5.92. The van der Waals surface area contributed by atoms with E-state index in [4.69, 9.17) is 14.7 Å². The molecule has 0 aliphatic heterocycles. The Hall–Kier alpha value is -2.32. The number of nitriles is 1. The van der Waals surface area contributed by atoms with Gasteiger partial charge in [-0.3, -0.25) is 0 Å². The number of hydrogen-bond acceptors (Lipinski definition) is 5. The van der Waals surface area contributed by atoms with Crippen molar-refractivity contribution in [2.24, 2.45) is 0 Å². The van der Waals surface area contributed by atoms with Gasteiger partial charge in [0, 0.05) is 10.9 Å². The molecule has 0 N–H and O–H groups in total. The number of hydrogen-bond donors (Lipinski definition) is 0. The molecule has 2 rings (SSSR count). The molecule has 4 nitrogen and oxygen atoms in total. The fraction of sp³-hybridized carbons (Fsp3) is 0.200.